The lowest BCUT2D eigenvalue weighted by Crippen LogP contribution is -2.61. The predicted molar refractivity (Wildman–Crippen MR) is 199 cm³/mol. The Kier molecular flexibility index (Phi) is 15.8. The molecule has 1 aliphatic rings. The van der Waals surface area contributed by atoms with Gasteiger partial charge in [0.25, 0.3) is 5.91 Å². The van der Waals surface area contributed by atoms with Crippen LogP contribution in [0.4, 0.5) is 4.79 Å². The van der Waals surface area contributed by atoms with Crippen LogP contribution in [0.2, 0.25) is 0 Å². The number of nitrogens with one attached hydrogen (secondary N) is 2. The molecule has 14 heteroatoms. The van der Waals surface area contributed by atoms with Crippen LogP contribution in [0.1, 0.15) is 71.4 Å². The van der Waals surface area contributed by atoms with E-state index in [-0.39, 0.29) is 13.0 Å². The normalized spacial score (nSPS) is 15.3. The van der Waals surface area contributed by atoms with Gasteiger partial charge in [-0.3, -0.25) is 29.3 Å². The van der Waals surface area contributed by atoms with Crippen LogP contribution >= 0.6 is 0 Å². The minimum absolute atomic E-state index is 0.0100. The minimum Gasteiger partial charge on any atom is -0.461 e. The van der Waals surface area contributed by atoms with E-state index in [0.717, 1.165) is 35.3 Å². The Hall–Kier alpha value is -4.98. The Bertz CT molecular complexity index is 1540. The van der Waals surface area contributed by atoms with E-state index in [1.54, 1.807) is 63.8 Å². The zero-order valence-electron chi connectivity index (χ0n) is 32.0. The second kappa shape index (κ2) is 19.7. The molecule has 1 unspecified atom stereocenters. The van der Waals surface area contributed by atoms with Gasteiger partial charge in [-0.25, -0.2) is 4.79 Å². The zero-order chi connectivity index (χ0) is 39.3. The highest BCUT2D eigenvalue weighted by atomic mass is 16.6. The first-order valence-electron chi connectivity index (χ1n) is 18.1. The number of hydrogen-bond donors (Lipinski definition) is 3. The summed E-state index contributed by atoms with van der Waals surface area (Å²) >= 11 is 0. The van der Waals surface area contributed by atoms with Crippen molar-refractivity contribution in [1.29, 1.82) is 0 Å². The van der Waals surface area contributed by atoms with E-state index in [4.69, 9.17) is 15.2 Å². The topological polar surface area (TPSA) is 181 Å². The Labute approximate surface area is 312 Å². The molecule has 5 amide bonds. The predicted octanol–water partition coefficient (Wildman–Crippen LogP) is 2.98. The maximum atomic E-state index is 14.4. The molecule has 3 rings (SSSR count). The SMILES string of the molecule is CC(C)[C@@H](C(=O)N[C@@H](CC(=O)OCc1ccccc1)C(=O)N1CCCCC1)N(C)C(=O)C(Cc1ccccc1)N(C)C(=O)[C@H](N)NC(=O)OC(C)(C)C. The van der Waals surface area contributed by atoms with Crippen LogP contribution in [0.3, 0.4) is 0 Å². The van der Waals surface area contributed by atoms with Crippen molar-refractivity contribution in [3.8, 4) is 0 Å². The first-order valence-corrected chi connectivity index (χ1v) is 18.1. The summed E-state index contributed by atoms with van der Waals surface area (Å²) in [7, 11) is 2.86. The molecule has 2 aromatic carbocycles. The third kappa shape index (κ3) is 13.2. The van der Waals surface area contributed by atoms with E-state index < -0.39 is 77.9 Å². The second-order valence-electron chi connectivity index (χ2n) is 14.7. The summed E-state index contributed by atoms with van der Waals surface area (Å²) in [5.41, 5.74) is 6.75. The number of likely N-dealkylation sites (tertiary alicyclic amines) is 1. The molecule has 1 fully saturated rings. The van der Waals surface area contributed by atoms with Gasteiger partial charge < -0.3 is 35.2 Å². The number of likely N-dealkylation sites (N-methyl/N-ethyl adjacent to an activating group) is 2. The smallest absolute Gasteiger partial charge is 0.409 e. The number of ether oxygens (including phenoxy) is 2. The highest BCUT2D eigenvalue weighted by Gasteiger charge is 2.39. The van der Waals surface area contributed by atoms with Crippen molar-refractivity contribution < 1.29 is 38.2 Å². The van der Waals surface area contributed by atoms with Gasteiger partial charge in [-0.2, -0.15) is 0 Å². The number of nitrogens with two attached hydrogens (primary N) is 1. The van der Waals surface area contributed by atoms with Crippen molar-refractivity contribution in [2.75, 3.05) is 27.2 Å². The molecule has 0 radical (unpaired) electrons. The number of amides is 5. The molecule has 1 heterocycles. The van der Waals surface area contributed by atoms with Gasteiger partial charge in [-0.1, -0.05) is 74.5 Å². The number of esters is 1. The highest BCUT2D eigenvalue weighted by molar-refractivity contribution is 5.96. The van der Waals surface area contributed by atoms with Crippen LogP contribution in [0.5, 0.6) is 0 Å². The number of carbonyl (C=O) groups is 6. The van der Waals surface area contributed by atoms with Gasteiger partial charge in [0.15, 0.2) is 6.17 Å². The molecule has 4 N–H and O–H groups in total. The second-order valence-corrected chi connectivity index (χ2v) is 14.7. The molecule has 1 aliphatic heterocycles. The van der Waals surface area contributed by atoms with Gasteiger partial charge in [0.05, 0.1) is 6.42 Å². The van der Waals surface area contributed by atoms with Gasteiger partial charge >= 0.3 is 12.1 Å². The van der Waals surface area contributed by atoms with Crippen molar-refractivity contribution in [3.05, 3.63) is 71.8 Å². The summed E-state index contributed by atoms with van der Waals surface area (Å²) in [6, 6.07) is 14.7. The monoisotopic (exact) mass is 736 g/mol. The van der Waals surface area contributed by atoms with E-state index in [1.807, 2.05) is 36.4 Å². The lowest BCUT2D eigenvalue weighted by molar-refractivity contribution is -0.151. The van der Waals surface area contributed by atoms with Crippen LogP contribution in [0, 0.1) is 5.92 Å². The van der Waals surface area contributed by atoms with Crippen LogP contribution in [0.25, 0.3) is 0 Å². The third-order valence-corrected chi connectivity index (χ3v) is 8.87. The van der Waals surface area contributed by atoms with E-state index in [1.165, 1.54) is 19.0 Å². The number of carbonyl (C=O) groups excluding carboxylic acids is 6. The van der Waals surface area contributed by atoms with Crippen LogP contribution in [-0.4, -0.2) is 107 Å². The molecule has 0 bridgehead atoms. The lowest BCUT2D eigenvalue weighted by Gasteiger charge is -2.37. The van der Waals surface area contributed by atoms with Gasteiger partial charge in [-0.05, 0) is 57.1 Å². The van der Waals surface area contributed by atoms with E-state index in [9.17, 15) is 28.8 Å². The summed E-state index contributed by atoms with van der Waals surface area (Å²) in [6.45, 7) is 9.53. The molecule has 290 valence electrons. The zero-order valence-corrected chi connectivity index (χ0v) is 32.0. The Balaban J connectivity index is 1.85. The molecule has 2 aromatic rings. The highest BCUT2D eigenvalue weighted by Crippen LogP contribution is 2.19. The number of benzene rings is 2. The number of alkyl carbamates (subject to hydrolysis) is 1. The summed E-state index contributed by atoms with van der Waals surface area (Å²) in [5, 5.41) is 5.09. The first kappa shape index (κ1) is 42.4. The van der Waals surface area contributed by atoms with Crippen molar-refractivity contribution >= 4 is 35.7 Å². The van der Waals surface area contributed by atoms with Gasteiger partial charge in [0, 0.05) is 33.6 Å². The fourth-order valence-corrected chi connectivity index (χ4v) is 6.15. The third-order valence-electron chi connectivity index (χ3n) is 8.87. The standard InChI is InChI=1S/C39H56N6O8/c1-26(2)32(34(47)41-29(35(48)45-21-15-10-16-22-45)24-31(46)52-25-28-19-13-9-14-20-28)44(7)36(49)30(23-27-17-11-8-12-18-27)43(6)37(50)33(40)42-38(51)53-39(3,4)5/h8-9,11-14,17-20,26,29-30,32-33H,10,15-16,21-25,40H2,1-7H3,(H,41,47)(H,42,51)/t29-,30?,32-,33+/m0/s1. The number of hydrogen-bond acceptors (Lipinski definition) is 9. The molecular formula is C39H56N6O8. The van der Waals surface area contributed by atoms with Gasteiger partial charge in [0.1, 0.15) is 30.3 Å². The average molecular weight is 737 g/mol. The molecule has 1 saturated heterocycles. The van der Waals surface area contributed by atoms with Crippen molar-refractivity contribution in [2.24, 2.45) is 11.7 Å². The lowest BCUT2D eigenvalue weighted by atomic mass is 9.98. The summed E-state index contributed by atoms with van der Waals surface area (Å²) in [6.07, 6.45) is -0.160. The van der Waals surface area contributed by atoms with E-state index in [0.29, 0.717) is 13.1 Å². The summed E-state index contributed by atoms with van der Waals surface area (Å²) in [5.74, 6) is -3.49. The Morgan fingerprint density at radius 3 is 1.92 bits per heavy atom. The summed E-state index contributed by atoms with van der Waals surface area (Å²) < 4.78 is 10.7. The quantitative estimate of drug-likeness (QED) is 0.183. The van der Waals surface area contributed by atoms with Gasteiger partial charge in [0.2, 0.25) is 17.7 Å². The fourth-order valence-electron chi connectivity index (χ4n) is 6.15. The molecule has 53 heavy (non-hydrogen) atoms. The molecule has 0 aromatic heterocycles. The molecule has 0 saturated carbocycles. The maximum absolute atomic E-state index is 14.4. The summed E-state index contributed by atoms with van der Waals surface area (Å²) in [4.78, 5) is 85.3. The minimum atomic E-state index is -1.53. The Morgan fingerprint density at radius 1 is 0.811 bits per heavy atom. The largest absolute Gasteiger partial charge is 0.461 e. The molecule has 0 spiro atoms. The van der Waals surface area contributed by atoms with Gasteiger partial charge in [-0.15, -0.1) is 0 Å². The van der Waals surface area contributed by atoms with Crippen molar-refractivity contribution in [3.63, 3.8) is 0 Å². The molecular weight excluding hydrogens is 680 g/mol. The number of nitrogens with zero attached hydrogens (tertiary/aromatic N) is 3. The van der Waals surface area contributed by atoms with E-state index in [2.05, 4.69) is 10.6 Å². The molecule has 0 aliphatic carbocycles. The van der Waals surface area contributed by atoms with Crippen LogP contribution in [-0.2, 0) is 46.5 Å². The average Bonchev–Trinajstić information content (AvgIpc) is 3.11. The van der Waals surface area contributed by atoms with Crippen LogP contribution < -0.4 is 16.4 Å². The van der Waals surface area contributed by atoms with E-state index >= 15 is 0 Å². The molecule has 4 atom stereocenters. The molecule has 14 nitrogen and oxygen atoms in total. The maximum Gasteiger partial charge on any atom is 0.409 e. The first-order chi connectivity index (χ1) is 25.0. The fraction of sp³-hybridized carbons (Fsp3) is 0.538. The van der Waals surface area contributed by atoms with Crippen LogP contribution in [0.15, 0.2) is 60.7 Å². The Morgan fingerprint density at radius 2 is 1.38 bits per heavy atom. The number of rotatable bonds is 15. The van der Waals surface area contributed by atoms with Crippen molar-refractivity contribution in [2.45, 2.75) is 103 Å². The number of piperidine rings is 1. The van der Waals surface area contributed by atoms with Crippen molar-refractivity contribution in [1.82, 2.24) is 25.3 Å².